The molecule has 0 fully saturated rings. The van der Waals surface area contributed by atoms with Gasteiger partial charge in [0.2, 0.25) is 5.95 Å². The van der Waals surface area contributed by atoms with Gasteiger partial charge in [-0.25, -0.2) is 4.98 Å². The molecule has 0 aliphatic carbocycles. The Bertz CT molecular complexity index is 3570. The van der Waals surface area contributed by atoms with Gasteiger partial charge in [0.05, 0.1) is 44.4 Å². The van der Waals surface area contributed by atoms with E-state index in [9.17, 15) is 31.6 Å². The summed E-state index contributed by atoms with van der Waals surface area (Å²) >= 11 is 0. The number of alkyl halides is 6. The molecule has 0 radical (unpaired) electrons. The number of hydrogen-bond donors (Lipinski definition) is 0. The van der Waals surface area contributed by atoms with Gasteiger partial charge in [-0.3, -0.25) is 4.57 Å². The van der Waals surface area contributed by atoms with E-state index >= 15 is 0 Å². The highest BCUT2D eigenvalue weighted by Crippen LogP contribution is 2.41. The highest BCUT2D eigenvalue weighted by atomic mass is 19.4. The predicted octanol–water partition coefficient (Wildman–Crippen LogP) is 14.6. The normalized spacial score (nSPS) is 12.1. The van der Waals surface area contributed by atoms with Crippen LogP contribution in [0.2, 0.25) is 0 Å². The summed E-state index contributed by atoms with van der Waals surface area (Å²) < 4.78 is 87.8. The van der Waals surface area contributed by atoms with E-state index in [1.807, 2.05) is 48.5 Å². The van der Waals surface area contributed by atoms with Crippen molar-refractivity contribution in [1.82, 2.24) is 24.1 Å². The van der Waals surface area contributed by atoms with Crippen molar-refractivity contribution in [3.63, 3.8) is 0 Å². The maximum Gasteiger partial charge on any atom is 0.416 e. The largest absolute Gasteiger partial charge is 0.416 e. The molecule has 3 heterocycles. The van der Waals surface area contributed by atoms with Gasteiger partial charge in [0.15, 0.2) is 11.6 Å². The lowest BCUT2D eigenvalue weighted by molar-refractivity contribution is -0.138. The Morgan fingerprint density at radius 1 is 0.379 bits per heavy atom. The lowest BCUT2D eigenvalue weighted by Gasteiger charge is -2.14. The van der Waals surface area contributed by atoms with Gasteiger partial charge < -0.3 is 4.57 Å². The number of hydrogen-bond acceptors (Lipinski definition) is 4. The molecule has 0 saturated carbocycles. The van der Waals surface area contributed by atoms with Gasteiger partial charge in [0, 0.05) is 32.7 Å². The van der Waals surface area contributed by atoms with Crippen LogP contribution in [0.15, 0.2) is 182 Å². The van der Waals surface area contributed by atoms with Crippen LogP contribution in [0.25, 0.3) is 100 Å². The Labute approximate surface area is 371 Å². The number of nitriles is 1. The fourth-order valence-electron chi connectivity index (χ4n) is 8.76. The maximum absolute atomic E-state index is 14.0. The summed E-state index contributed by atoms with van der Waals surface area (Å²) in [5.41, 5.74) is 6.11. The average Bonchev–Trinajstić information content (AvgIpc) is 3.85. The van der Waals surface area contributed by atoms with Crippen LogP contribution in [-0.2, 0) is 12.4 Å². The molecule has 0 bridgehead atoms. The molecule has 11 rings (SSSR count). The molecule has 0 amide bonds. The highest BCUT2D eigenvalue weighted by Gasteiger charge is 2.34. The van der Waals surface area contributed by atoms with E-state index in [4.69, 9.17) is 15.0 Å². The van der Waals surface area contributed by atoms with Crippen LogP contribution in [-0.4, -0.2) is 24.1 Å². The summed E-state index contributed by atoms with van der Waals surface area (Å²) in [4.78, 5) is 14.4. The number of rotatable bonds is 6. The molecule has 11 aromatic rings. The van der Waals surface area contributed by atoms with Crippen LogP contribution in [0.3, 0.4) is 0 Å². The second-order valence-corrected chi connectivity index (χ2v) is 15.8. The zero-order valence-electron chi connectivity index (χ0n) is 34.3. The Balaban J connectivity index is 1.11. The van der Waals surface area contributed by atoms with Crippen LogP contribution in [0.1, 0.15) is 16.7 Å². The average molecular weight is 877 g/mol. The molecule has 8 aromatic carbocycles. The predicted molar refractivity (Wildman–Crippen MR) is 245 cm³/mol. The summed E-state index contributed by atoms with van der Waals surface area (Å²) in [7, 11) is 0. The van der Waals surface area contributed by atoms with Crippen LogP contribution < -0.4 is 0 Å². The number of benzene rings is 8. The molecular formula is C54H30F6N6. The van der Waals surface area contributed by atoms with Crippen molar-refractivity contribution in [3.05, 3.63) is 199 Å². The Morgan fingerprint density at radius 2 is 0.788 bits per heavy atom. The van der Waals surface area contributed by atoms with Crippen LogP contribution in [0.4, 0.5) is 26.3 Å². The van der Waals surface area contributed by atoms with Crippen molar-refractivity contribution in [2.24, 2.45) is 0 Å². The Morgan fingerprint density at radius 3 is 1.26 bits per heavy atom. The van der Waals surface area contributed by atoms with E-state index < -0.39 is 23.5 Å². The fraction of sp³-hybridized carbons (Fsp3) is 0.0370. The monoisotopic (exact) mass is 876 g/mol. The summed E-state index contributed by atoms with van der Waals surface area (Å²) in [5, 5.41) is 12.7. The van der Waals surface area contributed by atoms with Crippen molar-refractivity contribution in [3.8, 4) is 62.7 Å². The topological polar surface area (TPSA) is 72.3 Å². The first-order valence-corrected chi connectivity index (χ1v) is 20.7. The molecule has 0 N–H and O–H groups in total. The summed E-state index contributed by atoms with van der Waals surface area (Å²) in [6, 6.07) is 55.2. The smallest absolute Gasteiger partial charge is 0.308 e. The second-order valence-electron chi connectivity index (χ2n) is 15.8. The third kappa shape index (κ3) is 6.89. The minimum Gasteiger partial charge on any atom is -0.308 e. The summed E-state index contributed by atoms with van der Waals surface area (Å²) in [6.07, 6.45) is -9.52. The van der Waals surface area contributed by atoms with Crippen molar-refractivity contribution >= 4 is 43.6 Å². The minimum absolute atomic E-state index is 0.0493. The molecule has 0 aliphatic rings. The van der Waals surface area contributed by atoms with E-state index in [0.29, 0.717) is 22.4 Å². The van der Waals surface area contributed by atoms with Gasteiger partial charge in [-0.2, -0.15) is 41.6 Å². The number of halogens is 6. The fourth-order valence-corrected chi connectivity index (χ4v) is 8.76. The molecule has 0 saturated heterocycles. The molecule has 66 heavy (non-hydrogen) atoms. The van der Waals surface area contributed by atoms with Gasteiger partial charge in [-0.05, 0) is 101 Å². The number of aromatic nitrogens is 5. The van der Waals surface area contributed by atoms with Gasteiger partial charge in [-0.1, -0.05) is 103 Å². The Hall–Kier alpha value is -8.56. The highest BCUT2D eigenvalue weighted by molar-refractivity contribution is 6.12. The standard InChI is InChI=1S/C54H30F6N6/c55-53(56,57)39-19-24-48-43(29-39)44-30-40(54(58,59)60)20-25-49(44)66(48)52-63-50(34-14-8-3-9-15-34)62-51(64-52)37-18-21-45(38(26-37)31-61)65-46-22-16-35(32-10-4-1-5-11-32)27-41(46)42-28-36(17-23-47(42)65)33-12-6-2-7-13-33/h1-30H. The van der Waals surface area contributed by atoms with Crippen LogP contribution in [0, 0.1) is 11.3 Å². The van der Waals surface area contributed by atoms with Crippen LogP contribution in [0.5, 0.6) is 0 Å². The van der Waals surface area contributed by atoms with E-state index in [-0.39, 0.29) is 39.4 Å². The SMILES string of the molecule is N#Cc1cc(-c2nc(-c3ccccc3)nc(-n3c4ccc(C(F)(F)F)cc4c4cc(C(F)(F)F)ccc43)n2)ccc1-n1c2ccc(-c3ccccc3)cc2c2cc(-c3ccccc3)ccc21. The van der Waals surface area contributed by atoms with E-state index in [2.05, 4.69) is 71.3 Å². The third-order valence-corrected chi connectivity index (χ3v) is 11.9. The first kappa shape index (κ1) is 40.2. The van der Waals surface area contributed by atoms with Crippen molar-refractivity contribution in [1.29, 1.82) is 5.26 Å². The van der Waals surface area contributed by atoms with Gasteiger partial charge in [-0.15, -0.1) is 0 Å². The van der Waals surface area contributed by atoms with Gasteiger partial charge in [0.25, 0.3) is 0 Å². The van der Waals surface area contributed by atoms with Gasteiger partial charge in [0.1, 0.15) is 6.07 Å². The third-order valence-electron chi connectivity index (χ3n) is 11.9. The first-order valence-electron chi connectivity index (χ1n) is 20.7. The van der Waals surface area contributed by atoms with Crippen molar-refractivity contribution in [2.45, 2.75) is 12.4 Å². The first-order chi connectivity index (χ1) is 31.9. The van der Waals surface area contributed by atoms with E-state index in [1.165, 1.54) is 16.7 Å². The summed E-state index contributed by atoms with van der Waals surface area (Å²) in [6.45, 7) is 0. The number of nitrogens with zero attached hydrogens (tertiary/aromatic N) is 6. The molecule has 6 nitrogen and oxygen atoms in total. The minimum atomic E-state index is -4.76. The molecule has 0 unspecified atom stereocenters. The number of fused-ring (bicyclic) bond motifs is 6. The van der Waals surface area contributed by atoms with E-state index in [1.54, 1.807) is 36.4 Å². The van der Waals surface area contributed by atoms with Gasteiger partial charge >= 0.3 is 12.4 Å². The molecular weight excluding hydrogens is 847 g/mol. The molecule has 12 heteroatoms. The van der Waals surface area contributed by atoms with Crippen molar-refractivity contribution in [2.75, 3.05) is 0 Å². The van der Waals surface area contributed by atoms with Crippen molar-refractivity contribution < 1.29 is 26.3 Å². The molecule has 0 spiro atoms. The lowest BCUT2D eigenvalue weighted by Crippen LogP contribution is -2.08. The zero-order chi connectivity index (χ0) is 45.3. The summed E-state index contributed by atoms with van der Waals surface area (Å²) in [5.74, 6) is 0.266. The lowest BCUT2D eigenvalue weighted by atomic mass is 10.0. The molecule has 3 aromatic heterocycles. The zero-order valence-corrected chi connectivity index (χ0v) is 34.3. The second kappa shape index (κ2) is 15.3. The molecule has 0 atom stereocenters. The molecule has 0 aliphatic heterocycles. The van der Waals surface area contributed by atoms with E-state index in [0.717, 1.165) is 68.3 Å². The maximum atomic E-state index is 14.0. The van der Waals surface area contributed by atoms with Crippen LogP contribution >= 0.6 is 0 Å². The Kier molecular flexibility index (Phi) is 9.33. The quantitative estimate of drug-likeness (QED) is 0.156. The molecule has 318 valence electrons.